The fourth-order valence-electron chi connectivity index (χ4n) is 13.8. The van der Waals surface area contributed by atoms with Crippen LogP contribution in [0.2, 0.25) is 0 Å². The summed E-state index contributed by atoms with van der Waals surface area (Å²) in [6.45, 7) is 11.9. The van der Waals surface area contributed by atoms with Gasteiger partial charge in [0, 0.05) is 113 Å². The van der Waals surface area contributed by atoms with Crippen molar-refractivity contribution in [2.45, 2.75) is 120 Å². The predicted octanol–water partition coefficient (Wildman–Crippen LogP) is 14.0. The van der Waals surface area contributed by atoms with Crippen LogP contribution in [0.25, 0.3) is 6.08 Å². The Balaban J connectivity index is 0.000000140. The van der Waals surface area contributed by atoms with E-state index in [4.69, 9.17) is 33.7 Å². The first-order valence-electron chi connectivity index (χ1n) is 35.7. The van der Waals surface area contributed by atoms with E-state index in [1.54, 1.807) is 79.4 Å². The van der Waals surface area contributed by atoms with Crippen LogP contribution in [0.5, 0.6) is 0 Å². The molecule has 25 heteroatoms. The van der Waals surface area contributed by atoms with Gasteiger partial charge in [0.2, 0.25) is 23.1 Å². The third kappa shape index (κ3) is 20.1. The minimum Gasteiger partial charge on any atom is -0.383 e. The Morgan fingerprint density at radius 2 is 0.885 bits per heavy atom. The van der Waals surface area contributed by atoms with Gasteiger partial charge in [-0.2, -0.15) is 0 Å². The topological polar surface area (TPSA) is 326 Å². The number of hydrogen-bond acceptors (Lipinski definition) is 22. The number of anilines is 8. The van der Waals surface area contributed by atoms with Crippen LogP contribution < -0.4 is 48.7 Å². The largest absolute Gasteiger partial charge is 0.383 e. The second-order valence-electron chi connectivity index (χ2n) is 26.7. The molecule has 2 atom stereocenters. The summed E-state index contributed by atoms with van der Waals surface area (Å²) in [6.07, 6.45) is 25.3. The Bertz CT molecular complexity index is 4460. The molecule has 1 aromatic carbocycles. The zero-order chi connectivity index (χ0) is 73.1. The molecule has 1 unspecified atom stereocenters. The molecule has 1 aliphatic carbocycles. The molecule has 12 heterocycles. The molecule has 9 aromatic rings. The van der Waals surface area contributed by atoms with Gasteiger partial charge < -0.3 is 53.6 Å². The summed E-state index contributed by atoms with van der Waals surface area (Å²) in [5.74, 6) is 2.96. The Labute approximate surface area is 633 Å². The van der Waals surface area contributed by atoms with Crippen LogP contribution >= 0.6 is 47.8 Å². The van der Waals surface area contributed by atoms with Gasteiger partial charge in [-0.15, -0.1) is 0 Å². The number of hydrogen-bond donors (Lipinski definition) is 6. The molecule has 4 aliphatic heterocycles. The fourth-order valence-corrected chi connectivity index (χ4v) is 14.8. The molecule has 540 valence electrons. The molecule has 14 rings (SSSR count). The molecule has 4 saturated heterocycles. The molecule has 11 N–H and O–H groups in total. The minimum absolute atomic E-state index is 0.192. The number of pyridine rings is 8. The molecule has 8 aromatic heterocycles. The van der Waals surface area contributed by atoms with Gasteiger partial charge in [0.05, 0.1) is 22.3 Å². The first kappa shape index (κ1) is 75.7. The van der Waals surface area contributed by atoms with Crippen LogP contribution in [0.15, 0.2) is 172 Å². The zero-order valence-electron chi connectivity index (χ0n) is 58.3. The van der Waals surface area contributed by atoms with Gasteiger partial charge in [-0.05, 0) is 241 Å². The molecular formula is C79H89Br3N18O4. The van der Waals surface area contributed by atoms with Gasteiger partial charge in [-0.3, -0.25) is 19.2 Å². The third-order valence-corrected chi connectivity index (χ3v) is 20.7. The van der Waals surface area contributed by atoms with E-state index in [9.17, 15) is 19.2 Å². The first-order chi connectivity index (χ1) is 50.5. The molecular weight excluding hydrogens is 1500 g/mol. The predicted molar refractivity (Wildman–Crippen MR) is 424 cm³/mol. The number of nitrogen functional groups attached to an aromatic ring is 4. The summed E-state index contributed by atoms with van der Waals surface area (Å²) in [6, 6.07) is 40.4. The van der Waals surface area contributed by atoms with Crippen molar-refractivity contribution in [2.24, 2.45) is 5.73 Å². The van der Waals surface area contributed by atoms with E-state index in [0.29, 0.717) is 73.5 Å². The van der Waals surface area contributed by atoms with Crippen LogP contribution in [-0.4, -0.2) is 138 Å². The number of para-hydroxylation sites is 1. The summed E-state index contributed by atoms with van der Waals surface area (Å²) in [7, 11) is 0. The number of nitrogens with two attached hydrogens (primary N) is 5. The van der Waals surface area contributed by atoms with E-state index in [2.05, 4.69) is 126 Å². The Morgan fingerprint density at radius 3 is 1.41 bits per heavy atom. The second-order valence-corrected chi connectivity index (χ2v) is 29.4. The van der Waals surface area contributed by atoms with Gasteiger partial charge in [0.1, 0.15) is 63.5 Å². The highest BCUT2D eigenvalue weighted by atomic mass is 79.9. The minimum atomic E-state index is -0.226. The smallest absolute Gasteiger partial charge is 0.215 e. The van der Waals surface area contributed by atoms with Crippen LogP contribution in [-0.2, 0) is 0 Å². The summed E-state index contributed by atoms with van der Waals surface area (Å²) in [5.41, 5.74) is 35.4. The molecule has 0 bridgehead atoms. The number of carbonyl (C=O) groups excluding carboxylic acids is 4. The van der Waals surface area contributed by atoms with Gasteiger partial charge >= 0.3 is 0 Å². The maximum absolute atomic E-state index is 13.0. The quantitative estimate of drug-likeness (QED) is 0.0435. The number of likely N-dealkylation sites (tertiary alicyclic amines) is 1. The summed E-state index contributed by atoms with van der Waals surface area (Å²) < 4.78 is 2.15. The maximum atomic E-state index is 13.0. The molecule has 5 aliphatic rings. The lowest BCUT2D eigenvalue weighted by atomic mass is 9.84. The normalized spacial score (nSPS) is 18.1. The van der Waals surface area contributed by atoms with E-state index < -0.39 is 0 Å². The Kier molecular flexibility index (Phi) is 26.8. The van der Waals surface area contributed by atoms with E-state index in [1.807, 2.05) is 66.7 Å². The van der Waals surface area contributed by atoms with Crippen molar-refractivity contribution in [3.05, 3.63) is 228 Å². The van der Waals surface area contributed by atoms with Gasteiger partial charge in [-0.25, -0.2) is 39.9 Å². The van der Waals surface area contributed by atoms with Crippen molar-refractivity contribution in [1.82, 2.24) is 44.8 Å². The Morgan fingerprint density at radius 1 is 0.452 bits per heavy atom. The molecule has 1 saturated carbocycles. The Hall–Kier alpha value is -9.40. The second kappa shape index (κ2) is 36.8. The highest BCUT2D eigenvalue weighted by Crippen LogP contribution is 2.33. The first-order valence-corrected chi connectivity index (χ1v) is 38.1. The molecule has 104 heavy (non-hydrogen) atoms. The number of ketones is 4. The summed E-state index contributed by atoms with van der Waals surface area (Å²) in [4.78, 5) is 95.6. The average molecular weight is 1590 g/mol. The van der Waals surface area contributed by atoms with Crippen molar-refractivity contribution in [2.75, 3.05) is 95.3 Å². The molecule has 22 nitrogen and oxygen atoms in total. The molecule has 0 spiro atoms. The number of carbonyl (C=O) groups is 4. The average Bonchev–Trinajstić information content (AvgIpc) is 1.53. The van der Waals surface area contributed by atoms with E-state index in [0.717, 1.165) is 121 Å². The van der Waals surface area contributed by atoms with Crippen LogP contribution in [0.1, 0.15) is 178 Å². The lowest BCUT2D eigenvalue weighted by molar-refractivity contribution is 0.102. The van der Waals surface area contributed by atoms with Gasteiger partial charge in [-0.1, -0.05) is 61.5 Å². The van der Waals surface area contributed by atoms with Crippen LogP contribution in [0, 0.1) is 0 Å². The fraction of sp³-hybridized carbons (Fsp3) is 0.342. The van der Waals surface area contributed by atoms with Crippen molar-refractivity contribution >= 4 is 123 Å². The van der Waals surface area contributed by atoms with Crippen molar-refractivity contribution in [3.8, 4) is 0 Å². The van der Waals surface area contributed by atoms with E-state index >= 15 is 0 Å². The van der Waals surface area contributed by atoms with Crippen LogP contribution in [0.3, 0.4) is 0 Å². The number of nitrogens with zero attached hydrogens (tertiary/aromatic N) is 12. The third-order valence-electron chi connectivity index (χ3n) is 19.4. The van der Waals surface area contributed by atoms with Crippen LogP contribution in [0.4, 0.5) is 46.4 Å². The highest BCUT2D eigenvalue weighted by Gasteiger charge is 2.30. The number of nitrogens with one attached hydrogen (secondary N) is 1. The van der Waals surface area contributed by atoms with Crippen molar-refractivity contribution in [3.63, 3.8) is 0 Å². The number of piperidine rings is 3. The number of halogens is 3. The number of rotatable bonds is 18. The lowest BCUT2D eigenvalue weighted by Crippen LogP contribution is -2.48. The van der Waals surface area contributed by atoms with Gasteiger partial charge in [0.25, 0.3) is 0 Å². The van der Waals surface area contributed by atoms with Gasteiger partial charge in [0.15, 0.2) is 0 Å². The SMILES string of the molecule is C=Cc1cnc(N)c(C(=O)c2cccc(C3CCC(N)CC3)n2)c1.Nc1ncc(Br)cc1C(=O)c1cccc(N2CCCCC2)n1.Nc1ncc(Br)cc1C(=O)c1cccc(N2CCCCC2CN2CCCCC2)n1.Nc1ncc(Br)cc1C(=O)c1cccc(N2CCC[C@@H]2CNc2ccccc2)n1. The lowest BCUT2D eigenvalue weighted by Gasteiger charge is -2.40. The van der Waals surface area contributed by atoms with Crippen molar-refractivity contribution < 1.29 is 19.2 Å². The molecule has 0 amide bonds. The van der Waals surface area contributed by atoms with E-state index in [1.165, 1.54) is 70.9 Å². The molecule has 0 radical (unpaired) electrons. The number of aromatic nitrogens is 8. The maximum Gasteiger partial charge on any atom is 0.215 e. The highest BCUT2D eigenvalue weighted by molar-refractivity contribution is 9.11. The van der Waals surface area contributed by atoms with Crippen molar-refractivity contribution in [1.29, 1.82) is 0 Å². The molecule has 5 fully saturated rings. The van der Waals surface area contributed by atoms with E-state index in [-0.39, 0.29) is 46.4 Å². The zero-order valence-corrected chi connectivity index (χ0v) is 63.1. The monoisotopic (exact) mass is 1590 g/mol. The summed E-state index contributed by atoms with van der Waals surface area (Å²) >= 11 is 10.0. The number of benzene rings is 1. The summed E-state index contributed by atoms with van der Waals surface area (Å²) in [5, 5.41) is 3.50. The standard InChI is InChI=1S/C22H28BrN5O.C22H22BrN5O.C19H22N4O.C16H17BrN4O/c23-16-13-18(22(24)25-14-16)21(29)19-8-6-9-20(26-19)28-12-5-2-7-17(28)15-27-10-3-1-4-11-27;23-15-12-18(22(24)26-13-15)21(29)19-9-4-10-20(27-19)28-11-5-8-17(28)14-25-16-6-2-1-3-7-16;1-2-12-10-15(19(21)22-11-12)18(24)17-5-3-4-16(23-17)13-6-8-14(20)9-7-13;17-11-9-12(16(18)19-10-11)15(22)13-5-4-6-14(20-13)21-7-2-1-3-8-21/h6,8-9,13-14,17H,1-5,7,10-12,15H2,(H2,24,25);1-4,6-7,9-10,12-13,17,25H,5,8,11,14H2,(H2,24,26);2-5,10-11,13-14H,1,6-9,20H2,(H2,21,22);4-6,9-10H,1-3,7-8H2,(H2,18,19)/t;17-;;/m.1../s1.